The van der Waals surface area contributed by atoms with Gasteiger partial charge < -0.3 is 32.7 Å². The Hall–Kier alpha value is -1.22. The Morgan fingerprint density at radius 1 is 0.833 bits per heavy atom. The largest absolute Gasteiger partial charge is 0.479 e. The minimum Gasteiger partial charge on any atom is -0.479 e. The monoisotopic (exact) mass is 184 g/mol. The van der Waals surface area contributed by atoms with Crippen LogP contribution in [0, 0.1) is 0 Å². The van der Waals surface area contributed by atoms with Crippen LogP contribution in [0.4, 0.5) is 0 Å². The van der Waals surface area contributed by atoms with E-state index < -0.39 is 24.1 Å². The molecule has 12 heavy (non-hydrogen) atoms. The molecule has 0 rings (SSSR count). The lowest BCUT2D eigenvalue weighted by Crippen LogP contribution is -2.39. The number of carboxylic acid groups (broad SMARTS) is 2. The zero-order valence-electron chi connectivity index (χ0n) is 6.17. The lowest BCUT2D eigenvalue weighted by molar-refractivity contribution is -0.165. The number of carboxylic acids is 2. The molecule has 0 fully saturated rings. The highest BCUT2D eigenvalue weighted by Gasteiger charge is 2.29. The maximum absolute atomic E-state index is 9.77. The van der Waals surface area contributed by atoms with Gasteiger partial charge in [0.2, 0.25) is 0 Å². The van der Waals surface area contributed by atoms with Crippen LogP contribution in [0.2, 0.25) is 0 Å². The van der Waals surface area contributed by atoms with E-state index in [4.69, 9.17) is 20.4 Å². The molecule has 0 aromatic carbocycles. The molecule has 10 N–H and O–H groups in total. The van der Waals surface area contributed by atoms with Crippen molar-refractivity contribution < 1.29 is 30.0 Å². The maximum atomic E-state index is 9.77. The number of carbonyl (C=O) groups is 2. The van der Waals surface area contributed by atoms with Gasteiger partial charge in [0.25, 0.3) is 0 Å². The van der Waals surface area contributed by atoms with Gasteiger partial charge in [0.1, 0.15) is 0 Å². The molecule has 0 unspecified atom stereocenters. The highest BCUT2D eigenvalue weighted by molar-refractivity contribution is 5.82. The van der Waals surface area contributed by atoms with Crippen molar-refractivity contribution in [1.82, 2.24) is 12.3 Å². The van der Waals surface area contributed by atoms with Crippen molar-refractivity contribution in [2.45, 2.75) is 12.2 Å². The fourth-order valence-corrected chi connectivity index (χ4v) is 0.270. The summed E-state index contributed by atoms with van der Waals surface area (Å²) in [5.74, 6) is -3.54. The molecule has 0 aliphatic heterocycles. The number of aliphatic hydroxyl groups is 2. The molecule has 0 bridgehead atoms. The first-order valence-electron chi connectivity index (χ1n) is 2.28. The molecule has 0 aromatic rings. The van der Waals surface area contributed by atoms with Gasteiger partial charge in [0.15, 0.2) is 12.2 Å². The molecule has 0 radical (unpaired) electrons. The van der Waals surface area contributed by atoms with E-state index in [1.54, 1.807) is 0 Å². The molecule has 0 aromatic heterocycles. The van der Waals surface area contributed by atoms with E-state index >= 15 is 0 Å². The quantitative estimate of drug-likeness (QED) is 0.296. The number of rotatable bonds is 3. The van der Waals surface area contributed by atoms with E-state index in [1.165, 1.54) is 0 Å². The van der Waals surface area contributed by atoms with Gasteiger partial charge in [0.05, 0.1) is 0 Å². The first-order chi connectivity index (χ1) is 4.46. The summed E-state index contributed by atoms with van der Waals surface area (Å²) >= 11 is 0. The van der Waals surface area contributed by atoms with E-state index in [1.807, 2.05) is 0 Å². The van der Waals surface area contributed by atoms with Crippen molar-refractivity contribution in [3.05, 3.63) is 0 Å². The van der Waals surface area contributed by atoms with Crippen LogP contribution in [0.25, 0.3) is 0 Å². The van der Waals surface area contributed by atoms with Gasteiger partial charge in [-0.3, -0.25) is 0 Å². The zero-order chi connectivity index (χ0) is 8.31. The van der Waals surface area contributed by atoms with E-state index in [0.717, 1.165) is 0 Å². The molecular formula is C4H12N2O6. The summed E-state index contributed by atoms with van der Waals surface area (Å²) < 4.78 is 0. The second-order valence-electron chi connectivity index (χ2n) is 1.57. The zero-order valence-corrected chi connectivity index (χ0v) is 6.17. The average Bonchev–Trinajstić information content (AvgIpc) is 1.84. The predicted molar refractivity (Wildman–Crippen MR) is 37.3 cm³/mol. The van der Waals surface area contributed by atoms with Crippen LogP contribution >= 0.6 is 0 Å². The van der Waals surface area contributed by atoms with Crippen LogP contribution in [0.1, 0.15) is 0 Å². The smallest absolute Gasteiger partial charge is 0.335 e. The normalized spacial score (nSPS) is 13.2. The lowest BCUT2D eigenvalue weighted by Gasteiger charge is -2.07. The van der Waals surface area contributed by atoms with Crippen molar-refractivity contribution >= 4 is 11.9 Å². The van der Waals surface area contributed by atoms with Crippen LogP contribution < -0.4 is 12.3 Å². The predicted octanol–water partition coefficient (Wildman–Crippen LogP) is -1.80. The summed E-state index contributed by atoms with van der Waals surface area (Å²) in [6, 6.07) is 0. The van der Waals surface area contributed by atoms with Gasteiger partial charge in [-0.1, -0.05) is 0 Å². The molecule has 0 saturated heterocycles. The van der Waals surface area contributed by atoms with Gasteiger partial charge in [-0.25, -0.2) is 9.59 Å². The number of hydrogen-bond donors (Lipinski definition) is 6. The Kier molecular flexibility index (Phi) is 9.21. The third-order valence-electron chi connectivity index (χ3n) is 0.805. The molecule has 0 amide bonds. The number of aliphatic carboxylic acids is 2. The Labute approximate surface area is 67.6 Å². The van der Waals surface area contributed by atoms with Crippen LogP contribution in [-0.2, 0) is 9.59 Å². The van der Waals surface area contributed by atoms with Gasteiger partial charge in [-0.2, -0.15) is 0 Å². The van der Waals surface area contributed by atoms with Crippen LogP contribution in [0.15, 0.2) is 0 Å². The molecule has 0 aliphatic rings. The average molecular weight is 184 g/mol. The van der Waals surface area contributed by atoms with Crippen molar-refractivity contribution in [1.29, 1.82) is 0 Å². The van der Waals surface area contributed by atoms with Crippen molar-refractivity contribution in [2.75, 3.05) is 0 Å². The number of hydrogen-bond acceptors (Lipinski definition) is 6. The van der Waals surface area contributed by atoms with Gasteiger partial charge >= 0.3 is 11.9 Å². The van der Waals surface area contributed by atoms with Crippen LogP contribution in [0.5, 0.6) is 0 Å². The summed E-state index contributed by atoms with van der Waals surface area (Å²) in [7, 11) is 0. The standard InChI is InChI=1S/C4H6O6.2H3N/c5-1(3(7)8)2(6)4(9)10;;/h1-2,5-6H,(H,7,8)(H,9,10);2*1H3/t1-,2-;;/m1../s1. The summed E-state index contributed by atoms with van der Waals surface area (Å²) in [5, 5.41) is 32.5. The first kappa shape index (κ1) is 17.0. The first-order valence-corrected chi connectivity index (χ1v) is 2.28. The molecule has 0 aliphatic carbocycles. The molecule has 0 saturated carbocycles. The van der Waals surface area contributed by atoms with Crippen LogP contribution in [0.3, 0.4) is 0 Å². The van der Waals surface area contributed by atoms with Gasteiger partial charge in [-0.15, -0.1) is 0 Å². The highest BCUT2D eigenvalue weighted by Crippen LogP contribution is 1.92. The molecule has 8 nitrogen and oxygen atoms in total. The SMILES string of the molecule is N.N.O=C(O)[C@H](O)[C@@H](O)C(=O)O. The van der Waals surface area contributed by atoms with E-state index in [-0.39, 0.29) is 12.3 Å². The third kappa shape index (κ3) is 4.57. The molecule has 2 atom stereocenters. The minimum atomic E-state index is -2.27. The van der Waals surface area contributed by atoms with Crippen molar-refractivity contribution in [2.24, 2.45) is 0 Å². The Morgan fingerprint density at radius 3 is 1.08 bits per heavy atom. The van der Waals surface area contributed by atoms with E-state index in [0.29, 0.717) is 0 Å². The summed E-state index contributed by atoms with van der Waals surface area (Å²) in [4.78, 5) is 19.5. The fraction of sp³-hybridized carbons (Fsp3) is 0.500. The Balaban J connectivity index is -0.000000405. The summed E-state index contributed by atoms with van der Waals surface area (Å²) in [5.41, 5.74) is 0. The van der Waals surface area contributed by atoms with E-state index in [9.17, 15) is 9.59 Å². The highest BCUT2D eigenvalue weighted by atomic mass is 16.4. The Bertz CT molecular complexity index is 142. The van der Waals surface area contributed by atoms with Crippen molar-refractivity contribution in [3.63, 3.8) is 0 Å². The van der Waals surface area contributed by atoms with Crippen molar-refractivity contribution in [3.8, 4) is 0 Å². The molecule has 74 valence electrons. The maximum Gasteiger partial charge on any atom is 0.335 e. The Morgan fingerprint density at radius 2 is 1.00 bits per heavy atom. The lowest BCUT2D eigenvalue weighted by atomic mass is 10.2. The number of aliphatic hydroxyl groups excluding tert-OH is 2. The van der Waals surface area contributed by atoms with Crippen LogP contribution in [-0.4, -0.2) is 44.6 Å². The minimum absolute atomic E-state index is 0. The third-order valence-corrected chi connectivity index (χ3v) is 0.805. The molecular weight excluding hydrogens is 172 g/mol. The summed E-state index contributed by atoms with van der Waals surface area (Å²) in [6.45, 7) is 0. The molecule has 0 heterocycles. The van der Waals surface area contributed by atoms with E-state index in [2.05, 4.69) is 0 Å². The fourth-order valence-electron chi connectivity index (χ4n) is 0.270. The second kappa shape index (κ2) is 6.49. The topological polar surface area (TPSA) is 185 Å². The van der Waals surface area contributed by atoms with Gasteiger partial charge in [0, 0.05) is 0 Å². The molecule has 0 spiro atoms. The second-order valence-corrected chi connectivity index (χ2v) is 1.57. The molecule has 8 heteroatoms. The summed E-state index contributed by atoms with van der Waals surface area (Å²) in [6.07, 6.45) is -4.53. The van der Waals surface area contributed by atoms with Gasteiger partial charge in [-0.05, 0) is 0 Å².